The summed E-state index contributed by atoms with van der Waals surface area (Å²) >= 11 is 0. The minimum atomic E-state index is 0. The Morgan fingerprint density at radius 1 is 1.50 bits per heavy atom. The minimum absolute atomic E-state index is 0. The fourth-order valence-electron chi connectivity index (χ4n) is 0.340. The zero-order valence-corrected chi connectivity index (χ0v) is 5.90. The van der Waals surface area contributed by atoms with Gasteiger partial charge in [0.25, 0.3) is 0 Å². The van der Waals surface area contributed by atoms with Crippen LogP contribution in [-0.2, 0) is 26.2 Å². The maximum Gasteiger partial charge on any atom is 2.00 e. The molecular weight excluding hydrogens is 151 g/mol. The molecule has 28 valence electrons. The maximum absolute atomic E-state index is 2.99. The summed E-state index contributed by atoms with van der Waals surface area (Å²) in [6, 6.07) is 0. The van der Waals surface area contributed by atoms with Gasteiger partial charge < -0.3 is 0 Å². The Bertz CT molecular complexity index is 62.0. The molecule has 6 heavy (non-hydrogen) atoms. The molecule has 1 aliphatic carbocycles. The van der Waals surface area contributed by atoms with Gasteiger partial charge in [-0.2, -0.15) is 6.08 Å². The molecule has 0 saturated heterocycles. The van der Waals surface area contributed by atoms with E-state index < -0.39 is 0 Å². The molecule has 0 bridgehead atoms. The van der Waals surface area contributed by atoms with E-state index in [9.17, 15) is 0 Å². The van der Waals surface area contributed by atoms with Gasteiger partial charge in [0.1, 0.15) is 0 Å². The predicted molar refractivity (Wildman–Crippen MR) is 21.6 cm³/mol. The van der Waals surface area contributed by atoms with Crippen molar-refractivity contribution in [3.63, 3.8) is 0 Å². The van der Waals surface area contributed by atoms with Gasteiger partial charge in [-0.05, 0) is 0 Å². The summed E-state index contributed by atoms with van der Waals surface area (Å²) in [4.78, 5) is 0. The average Bonchev–Trinajstić information content (AvgIpc) is 1.76. The van der Waals surface area contributed by atoms with Gasteiger partial charge in [-0.15, -0.1) is 6.42 Å². The first kappa shape index (κ1) is 6.36. The second kappa shape index (κ2) is 3.55. The third kappa shape index (κ3) is 1.72. The molecule has 0 aromatic rings. The molecule has 0 atom stereocenters. The molecule has 0 amide bonds. The summed E-state index contributed by atoms with van der Waals surface area (Å²) in [6.45, 7) is 0. The molecule has 0 heterocycles. The van der Waals surface area contributed by atoms with E-state index >= 15 is 0 Å². The molecule has 0 aliphatic heterocycles. The largest absolute Gasteiger partial charge is 2.00 e. The van der Waals surface area contributed by atoms with Crippen LogP contribution in [0.15, 0.2) is 18.2 Å². The van der Waals surface area contributed by atoms with Crippen LogP contribution in [0, 0.1) is 6.08 Å². The van der Waals surface area contributed by atoms with Crippen molar-refractivity contribution in [3.05, 3.63) is 24.3 Å². The van der Waals surface area contributed by atoms with Crippen molar-refractivity contribution in [2.75, 3.05) is 0 Å². The second-order valence-electron chi connectivity index (χ2n) is 1.00. The third-order valence-electron chi connectivity index (χ3n) is 0.586. The Morgan fingerprint density at radius 2 is 2.33 bits per heavy atom. The normalized spacial score (nSPS) is 14.7. The Labute approximate surface area is 57.1 Å². The molecule has 0 N–H and O–H groups in total. The van der Waals surface area contributed by atoms with Crippen LogP contribution in [0.2, 0.25) is 0 Å². The fraction of sp³-hybridized carbons (Fsp3) is 0.200. The molecule has 1 aliphatic rings. The summed E-state index contributed by atoms with van der Waals surface area (Å²) in [5, 5.41) is 0. The van der Waals surface area contributed by atoms with E-state index in [1.165, 1.54) is 0 Å². The summed E-state index contributed by atoms with van der Waals surface area (Å²) in [5.41, 5.74) is 0. The molecule has 0 fully saturated rings. The van der Waals surface area contributed by atoms with Crippen LogP contribution in [0.1, 0.15) is 6.42 Å². The van der Waals surface area contributed by atoms with Crippen molar-refractivity contribution in [2.24, 2.45) is 0 Å². The first-order valence-electron chi connectivity index (χ1n) is 1.72. The van der Waals surface area contributed by atoms with Gasteiger partial charge in [-0.25, -0.2) is 12.2 Å². The van der Waals surface area contributed by atoms with Gasteiger partial charge in [0, 0.05) is 0 Å². The van der Waals surface area contributed by atoms with Crippen LogP contribution >= 0.6 is 0 Å². The van der Waals surface area contributed by atoms with Crippen LogP contribution in [0.5, 0.6) is 0 Å². The Morgan fingerprint density at radius 3 is 2.50 bits per heavy atom. The first-order valence-corrected chi connectivity index (χ1v) is 1.72. The van der Waals surface area contributed by atoms with Crippen LogP contribution in [0.4, 0.5) is 0 Å². The van der Waals surface area contributed by atoms with Gasteiger partial charge in [0.15, 0.2) is 0 Å². The Balaban J connectivity index is 0.000000250. The predicted octanol–water partition coefficient (Wildman–Crippen LogP) is 1.30. The van der Waals surface area contributed by atoms with Gasteiger partial charge >= 0.3 is 26.2 Å². The first-order chi connectivity index (χ1) is 2.50. The molecule has 0 saturated carbocycles. The van der Waals surface area contributed by atoms with Crippen LogP contribution < -0.4 is 0 Å². The number of rotatable bonds is 0. The van der Waals surface area contributed by atoms with E-state index in [1.54, 1.807) is 0 Å². The van der Waals surface area contributed by atoms with Crippen molar-refractivity contribution in [1.29, 1.82) is 0 Å². The minimum Gasteiger partial charge on any atom is -0.273 e. The van der Waals surface area contributed by atoms with Crippen LogP contribution in [0.3, 0.4) is 0 Å². The SMILES string of the molecule is [C-]1=CC=CC1.[Zr+2]. The molecule has 0 aromatic carbocycles. The van der Waals surface area contributed by atoms with E-state index in [1.807, 2.05) is 12.2 Å². The average molecular weight is 156 g/mol. The van der Waals surface area contributed by atoms with Gasteiger partial charge in [-0.3, -0.25) is 6.08 Å². The smallest absolute Gasteiger partial charge is 0.273 e. The van der Waals surface area contributed by atoms with Crippen molar-refractivity contribution in [2.45, 2.75) is 6.42 Å². The number of hydrogen-bond donors (Lipinski definition) is 0. The van der Waals surface area contributed by atoms with E-state index in [-0.39, 0.29) is 26.2 Å². The van der Waals surface area contributed by atoms with E-state index in [0.29, 0.717) is 0 Å². The molecule has 0 radical (unpaired) electrons. The van der Waals surface area contributed by atoms with E-state index in [2.05, 4.69) is 12.2 Å². The summed E-state index contributed by atoms with van der Waals surface area (Å²) < 4.78 is 0. The maximum atomic E-state index is 2.99. The zero-order chi connectivity index (χ0) is 3.54. The summed E-state index contributed by atoms with van der Waals surface area (Å²) in [7, 11) is 0. The topological polar surface area (TPSA) is 0 Å². The van der Waals surface area contributed by atoms with Crippen molar-refractivity contribution < 1.29 is 26.2 Å². The third-order valence-corrected chi connectivity index (χ3v) is 0.586. The van der Waals surface area contributed by atoms with Gasteiger partial charge in [-0.1, -0.05) is 0 Å². The van der Waals surface area contributed by atoms with Gasteiger partial charge in [0.2, 0.25) is 0 Å². The molecule has 0 spiro atoms. The second-order valence-corrected chi connectivity index (χ2v) is 1.00. The molecular formula is C5H5Zr+. The quantitative estimate of drug-likeness (QED) is 0.464. The molecule has 1 heteroatoms. The molecule has 0 nitrogen and oxygen atoms in total. The Kier molecular flexibility index (Phi) is 3.76. The number of allylic oxidation sites excluding steroid dienone is 4. The molecule has 1 rings (SSSR count). The van der Waals surface area contributed by atoms with Crippen molar-refractivity contribution in [1.82, 2.24) is 0 Å². The molecule has 0 unspecified atom stereocenters. The standard InChI is InChI=1S/C5H5.Zr/c1-2-4-5-3-1;/h1-3H,4H2;/q-1;+2. The van der Waals surface area contributed by atoms with Crippen molar-refractivity contribution in [3.8, 4) is 0 Å². The summed E-state index contributed by atoms with van der Waals surface area (Å²) in [5.74, 6) is 0. The monoisotopic (exact) mass is 155 g/mol. The van der Waals surface area contributed by atoms with Crippen LogP contribution in [-0.4, -0.2) is 0 Å². The van der Waals surface area contributed by atoms with Gasteiger partial charge in [0.05, 0.1) is 0 Å². The zero-order valence-electron chi connectivity index (χ0n) is 3.44. The van der Waals surface area contributed by atoms with E-state index in [4.69, 9.17) is 0 Å². The van der Waals surface area contributed by atoms with Crippen LogP contribution in [0.25, 0.3) is 0 Å². The Hall–Kier alpha value is 0.363. The van der Waals surface area contributed by atoms with E-state index in [0.717, 1.165) is 6.42 Å². The number of hydrogen-bond acceptors (Lipinski definition) is 0. The molecule has 0 aromatic heterocycles. The fourth-order valence-corrected chi connectivity index (χ4v) is 0.340. The van der Waals surface area contributed by atoms with Crippen molar-refractivity contribution >= 4 is 0 Å². The summed E-state index contributed by atoms with van der Waals surface area (Å²) in [6.07, 6.45) is 10.0.